The summed E-state index contributed by atoms with van der Waals surface area (Å²) in [5.41, 5.74) is 1.98. The van der Waals surface area contributed by atoms with E-state index in [0.29, 0.717) is 30.2 Å². The van der Waals surface area contributed by atoms with Crippen molar-refractivity contribution < 1.29 is 28.6 Å². The van der Waals surface area contributed by atoms with Gasteiger partial charge in [0.2, 0.25) is 5.88 Å². The largest absolute Gasteiger partial charge is 0.463 e. The number of pyridine rings is 1. The topological polar surface area (TPSA) is 134 Å². The van der Waals surface area contributed by atoms with E-state index in [4.69, 9.17) is 14.2 Å². The van der Waals surface area contributed by atoms with Crippen molar-refractivity contribution in [1.82, 2.24) is 20.1 Å². The van der Waals surface area contributed by atoms with Crippen LogP contribution in [0.15, 0.2) is 90.6 Å². The molecule has 0 atom stereocenters. The van der Waals surface area contributed by atoms with E-state index in [1.165, 1.54) is 12.5 Å². The maximum atomic E-state index is 13.3. The summed E-state index contributed by atoms with van der Waals surface area (Å²) in [6, 6.07) is 9.75. The minimum absolute atomic E-state index is 0.166. The van der Waals surface area contributed by atoms with Gasteiger partial charge in [0.1, 0.15) is 17.6 Å². The lowest BCUT2D eigenvalue weighted by Gasteiger charge is -2.26. The maximum Gasteiger partial charge on any atom is 0.412 e. The molecule has 45 heavy (non-hydrogen) atoms. The van der Waals surface area contributed by atoms with Gasteiger partial charge >= 0.3 is 12.1 Å². The number of urea groups is 1. The third-order valence-electron chi connectivity index (χ3n) is 6.48. The van der Waals surface area contributed by atoms with Gasteiger partial charge in [-0.15, -0.1) is 0 Å². The first-order valence-corrected chi connectivity index (χ1v) is 14.6. The molecule has 1 aromatic carbocycles. The van der Waals surface area contributed by atoms with Gasteiger partial charge in [-0.25, -0.2) is 9.59 Å². The molecule has 0 spiro atoms. The minimum Gasteiger partial charge on any atom is -0.463 e. The van der Waals surface area contributed by atoms with Crippen molar-refractivity contribution in [2.24, 2.45) is 0 Å². The lowest BCUT2D eigenvalue weighted by atomic mass is 10.0. The van der Waals surface area contributed by atoms with Gasteiger partial charge in [0.15, 0.2) is 12.0 Å². The van der Waals surface area contributed by atoms with E-state index in [-0.39, 0.29) is 24.2 Å². The van der Waals surface area contributed by atoms with Crippen LogP contribution in [-0.4, -0.2) is 65.6 Å². The highest BCUT2D eigenvalue weighted by Crippen LogP contribution is 2.26. The van der Waals surface area contributed by atoms with Crippen molar-refractivity contribution >= 4 is 29.4 Å². The van der Waals surface area contributed by atoms with Crippen LogP contribution in [-0.2, 0) is 20.8 Å². The summed E-state index contributed by atoms with van der Waals surface area (Å²) in [5.74, 6) is 0.281. The molecule has 4 rings (SSSR count). The van der Waals surface area contributed by atoms with Gasteiger partial charge in [-0.2, -0.15) is 0 Å². The average Bonchev–Trinajstić information content (AvgIpc) is 3.00. The molecule has 0 saturated heterocycles. The number of allylic oxidation sites excluding steroid dienone is 4. The Morgan fingerprint density at radius 2 is 1.73 bits per heavy atom. The predicted molar refractivity (Wildman–Crippen MR) is 171 cm³/mol. The van der Waals surface area contributed by atoms with Crippen molar-refractivity contribution in [2.75, 3.05) is 37.8 Å². The number of rotatable bonds is 10. The van der Waals surface area contributed by atoms with Crippen LogP contribution in [0.1, 0.15) is 49.7 Å². The van der Waals surface area contributed by atoms with Crippen LogP contribution < -0.4 is 16.0 Å². The summed E-state index contributed by atoms with van der Waals surface area (Å²) in [4.78, 5) is 46.5. The highest BCUT2D eigenvalue weighted by atomic mass is 16.6. The Bertz CT molecular complexity index is 1500. The molecule has 2 aliphatic rings. The molecule has 4 amide bonds. The number of nitrogens with zero attached hydrogens (tertiary/aromatic N) is 3. The quantitative estimate of drug-likeness (QED) is 0.309. The van der Waals surface area contributed by atoms with E-state index in [1.54, 1.807) is 68.3 Å². The van der Waals surface area contributed by atoms with Gasteiger partial charge in [-0.05, 0) is 77.0 Å². The number of benzene rings is 1. The molecule has 12 nitrogen and oxygen atoms in total. The molecule has 1 aromatic heterocycles. The molecule has 0 unspecified atom stereocenters. The Hall–Kier alpha value is -5.10. The number of hydrogen-bond donors (Lipinski definition) is 3. The summed E-state index contributed by atoms with van der Waals surface area (Å²) < 4.78 is 16.7. The second-order valence-electron chi connectivity index (χ2n) is 11.7. The zero-order valence-electron chi connectivity index (χ0n) is 26.3. The van der Waals surface area contributed by atoms with Crippen LogP contribution in [0.3, 0.4) is 0 Å². The third kappa shape index (κ3) is 10.2. The first-order chi connectivity index (χ1) is 21.5. The fourth-order valence-corrected chi connectivity index (χ4v) is 4.26. The molecule has 1 aliphatic heterocycles. The molecule has 2 aromatic rings. The number of hydrogen-bond acceptors (Lipinski definition) is 8. The second kappa shape index (κ2) is 15.1. The molecular formula is C33H40N6O6. The second-order valence-corrected chi connectivity index (χ2v) is 11.7. The van der Waals surface area contributed by atoms with E-state index in [0.717, 1.165) is 24.0 Å². The molecular weight excluding hydrogens is 576 g/mol. The summed E-state index contributed by atoms with van der Waals surface area (Å²) in [5, 5.41) is 8.24. The van der Waals surface area contributed by atoms with Crippen molar-refractivity contribution in [1.29, 1.82) is 0 Å². The Morgan fingerprint density at radius 3 is 2.38 bits per heavy atom. The summed E-state index contributed by atoms with van der Waals surface area (Å²) >= 11 is 0. The molecule has 12 heteroatoms. The summed E-state index contributed by atoms with van der Waals surface area (Å²) in [6.45, 7) is 6.59. The van der Waals surface area contributed by atoms with Gasteiger partial charge < -0.3 is 29.3 Å². The third-order valence-corrected chi connectivity index (χ3v) is 6.48. The van der Waals surface area contributed by atoms with Crippen LogP contribution in [0.25, 0.3) is 0 Å². The van der Waals surface area contributed by atoms with Gasteiger partial charge in [0.25, 0.3) is 5.91 Å². The number of para-hydroxylation sites is 2. The average molecular weight is 617 g/mol. The lowest BCUT2D eigenvalue weighted by molar-refractivity contribution is 0.0635. The first-order valence-electron chi connectivity index (χ1n) is 14.6. The Kier molecular flexibility index (Phi) is 11.0. The lowest BCUT2D eigenvalue weighted by Crippen LogP contribution is -2.42. The number of anilines is 2. The molecule has 0 bridgehead atoms. The first kappa shape index (κ1) is 32.8. The highest BCUT2D eigenvalue weighted by molar-refractivity contribution is 6.05. The number of aromatic nitrogens is 1. The molecule has 0 radical (unpaired) electrons. The zero-order chi connectivity index (χ0) is 32.4. The summed E-state index contributed by atoms with van der Waals surface area (Å²) in [7, 11) is 3.85. The van der Waals surface area contributed by atoms with E-state index in [2.05, 4.69) is 27.0 Å². The standard InChI is InChI=1S/C33H40N6O6/c1-33(2,3)45-32(42)36-26-14-10-9-13-25(26)35-30(40)27-16-15-23(19-34-27)20-39(18-17-38(4)5)31(41)37-29-22-43-21-28(44-29)24-11-7-6-8-12-24/h6-7,9-11,13-16,19,21-22H,8,12,17-18,20H2,1-5H3,(H,35,40)(H,36,42)(H,37,41). The predicted octanol–water partition coefficient (Wildman–Crippen LogP) is 5.72. The summed E-state index contributed by atoms with van der Waals surface area (Å²) in [6.07, 6.45) is 11.5. The van der Waals surface area contributed by atoms with Crippen LogP contribution >= 0.6 is 0 Å². The van der Waals surface area contributed by atoms with Crippen molar-refractivity contribution in [3.8, 4) is 0 Å². The molecule has 1 aliphatic carbocycles. The van der Waals surface area contributed by atoms with Crippen molar-refractivity contribution in [3.63, 3.8) is 0 Å². The van der Waals surface area contributed by atoms with Gasteiger partial charge in [0, 0.05) is 25.8 Å². The maximum absolute atomic E-state index is 13.3. The van der Waals surface area contributed by atoms with Crippen molar-refractivity contribution in [3.05, 3.63) is 102 Å². The van der Waals surface area contributed by atoms with Gasteiger partial charge in [-0.3, -0.25) is 20.4 Å². The van der Waals surface area contributed by atoms with Crippen LogP contribution in [0, 0.1) is 0 Å². The van der Waals surface area contributed by atoms with E-state index < -0.39 is 17.6 Å². The number of amides is 4. The number of likely N-dealkylation sites (N-methyl/N-ethyl adjacent to an activating group) is 1. The number of carbonyl (C=O) groups is 3. The van der Waals surface area contributed by atoms with Crippen LogP contribution in [0.2, 0.25) is 0 Å². The van der Waals surface area contributed by atoms with E-state index in [9.17, 15) is 14.4 Å². The van der Waals surface area contributed by atoms with Crippen LogP contribution in [0.5, 0.6) is 0 Å². The number of nitrogens with one attached hydrogen (secondary N) is 3. The highest BCUT2D eigenvalue weighted by Gasteiger charge is 2.22. The number of carbonyl (C=O) groups excluding carboxylic acids is 3. The van der Waals surface area contributed by atoms with Crippen molar-refractivity contribution in [2.45, 2.75) is 45.8 Å². The van der Waals surface area contributed by atoms with Crippen LogP contribution in [0.4, 0.5) is 21.0 Å². The molecule has 0 saturated carbocycles. The molecule has 238 valence electrons. The van der Waals surface area contributed by atoms with E-state index in [1.807, 2.05) is 31.1 Å². The normalized spacial score (nSPS) is 14.2. The monoisotopic (exact) mass is 616 g/mol. The van der Waals surface area contributed by atoms with Gasteiger partial charge in [-0.1, -0.05) is 36.4 Å². The zero-order valence-corrected chi connectivity index (χ0v) is 26.3. The Labute approximate surface area is 263 Å². The SMILES string of the molecule is CN(C)CCN(Cc1ccc(C(=O)Nc2ccccc2NC(=O)OC(C)(C)C)nc1)C(=O)NC1=COC=C(C2=CC=CCC2)O1. The minimum atomic E-state index is -0.669. The fraction of sp³-hybridized carbons (Fsp3) is 0.333. The molecule has 0 fully saturated rings. The fourth-order valence-electron chi connectivity index (χ4n) is 4.26. The van der Waals surface area contributed by atoms with E-state index >= 15 is 0 Å². The van der Waals surface area contributed by atoms with Gasteiger partial charge in [0.05, 0.1) is 11.4 Å². The smallest absolute Gasteiger partial charge is 0.412 e. The Balaban J connectivity index is 1.38. The molecule has 2 heterocycles. The Morgan fingerprint density at radius 1 is 0.978 bits per heavy atom. The number of ether oxygens (including phenoxy) is 3. The molecule has 3 N–H and O–H groups in total.